The van der Waals surface area contributed by atoms with Gasteiger partial charge >= 0.3 is 0 Å². The largest absolute Gasteiger partial charge is 0.369 e. The molecule has 3 N–H and O–H groups in total. The number of rotatable bonds is 4. The molecule has 21 heavy (non-hydrogen) atoms. The highest BCUT2D eigenvalue weighted by Crippen LogP contribution is 2.39. The number of halogens is 1. The van der Waals surface area contributed by atoms with Crippen LogP contribution in [0.25, 0.3) is 0 Å². The Bertz CT molecular complexity index is 505. The van der Waals surface area contributed by atoms with Crippen LogP contribution in [0.4, 0.5) is 4.39 Å². The van der Waals surface area contributed by atoms with Crippen molar-refractivity contribution in [2.75, 3.05) is 0 Å². The summed E-state index contributed by atoms with van der Waals surface area (Å²) in [6, 6.07) is 8.07. The van der Waals surface area contributed by atoms with E-state index in [0.717, 1.165) is 44.1 Å². The van der Waals surface area contributed by atoms with Gasteiger partial charge in [-0.15, -0.1) is 0 Å². The third-order valence-corrected chi connectivity index (χ3v) is 5.08. The van der Waals surface area contributed by atoms with Crippen LogP contribution in [-0.2, 0) is 4.79 Å². The number of nitrogens with one attached hydrogen (secondary N) is 1. The van der Waals surface area contributed by atoms with Gasteiger partial charge in [-0.3, -0.25) is 4.79 Å². The first-order chi connectivity index (χ1) is 10.1. The van der Waals surface area contributed by atoms with Gasteiger partial charge in [-0.2, -0.15) is 0 Å². The zero-order valence-corrected chi connectivity index (χ0v) is 12.2. The molecule has 2 fully saturated rings. The van der Waals surface area contributed by atoms with E-state index in [1.807, 2.05) is 12.1 Å². The Morgan fingerprint density at radius 3 is 2.38 bits per heavy atom. The molecule has 1 aromatic carbocycles. The molecule has 0 aliphatic heterocycles. The smallest absolute Gasteiger partial charge is 0.220 e. The number of nitrogens with two attached hydrogens (primary N) is 1. The molecule has 0 heterocycles. The second-order valence-corrected chi connectivity index (χ2v) is 6.50. The summed E-state index contributed by atoms with van der Waals surface area (Å²) in [4.78, 5) is 11.1. The third kappa shape index (κ3) is 3.26. The summed E-state index contributed by atoms with van der Waals surface area (Å²) < 4.78 is 13.7. The second kappa shape index (κ2) is 6.14. The summed E-state index contributed by atoms with van der Waals surface area (Å²) >= 11 is 0. The van der Waals surface area contributed by atoms with Crippen LogP contribution in [0.2, 0.25) is 0 Å². The Morgan fingerprint density at radius 2 is 1.76 bits per heavy atom. The molecule has 2 aliphatic carbocycles. The quantitative estimate of drug-likeness (QED) is 0.896. The molecular weight excluding hydrogens is 267 g/mol. The summed E-state index contributed by atoms with van der Waals surface area (Å²) in [6.07, 6.45) is 5.86. The zero-order chi connectivity index (χ0) is 14.8. The maximum Gasteiger partial charge on any atom is 0.220 e. The molecule has 0 radical (unpaired) electrons. The van der Waals surface area contributed by atoms with Gasteiger partial charge in [-0.1, -0.05) is 18.2 Å². The Morgan fingerprint density at radius 1 is 1.10 bits per heavy atom. The lowest BCUT2D eigenvalue weighted by atomic mass is 9.74. The fraction of sp³-hybridized carbons (Fsp3) is 0.588. The van der Waals surface area contributed by atoms with Gasteiger partial charge in [-0.25, -0.2) is 4.39 Å². The minimum absolute atomic E-state index is 0.0654. The molecule has 114 valence electrons. The maximum atomic E-state index is 13.7. The van der Waals surface area contributed by atoms with Crippen LogP contribution in [0.15, 0.2) is 24.3 Å². The molecule has 1 aromatic rings. The summed E-state index contributed by atoms with van der Waals surface area (Å²) in [7, 11) is 0. The van der Waals surface area contributed by atoms with Gasteiger partial charge in [0.15, 0.2) is 0 Å². The van der Waals surface area contributed by atoms with E-state index in [2.05, 4.69) is 5.32 Å². The van der Waals surface area contributed by atoms with Crippen molar-refractivity contribution in [1.82, 2.24) is 5.32 Å². The lowest BCUT2D eigenvalue weighted by molar-refractivity contribution is -0.122. The minimum atomic E-state index is -0.156. The monoisotopic (exact) mass is 290 g/mol. The zero-order valence-electron chi connectivity index (χ0n) is 12.2. The molecule has 0 bridgehead atoms. The van der Waals surface area contributed by atoms with Gasteiger partial charge in [0.2, 0.25) is 5.91 Å². The second-order valence-electron chi connectivity index (χ2n) is 6.50. The molecule has 2 saturated carbocycles. The normalized spacial score (nSPS) is 32.4. The van der Waals surface area contributed by atoms with E-state index in [9.17, 15) is 9.18 Å². The summed E-state index contributed by atoms with van der Waals surface area (Å²) in [5.41, 5.74) is 6.21. The van der Waals surface area contributed by atoms with E-state index < -0.39 is 0 Å². The molecule has 0 atom stereocenters. The van der Waals surface area contributed by atoms with Crippen molar-refractivity contribution < 1.29 is 9.18 Å². The fourth-order valence-electron chi connectivity index (χ4n) is 3.69. The van der Waals surface area contributed by atoms with Crippen molar-refractivity contribution >= 4 is 5.91 Å². The molecule has 2 aliphatic rings. The Labute approximate surface area is 125 Å². The van der Waals surface area contributed by atoms with E-state index >= 15 is 0 Å². The molecule has 1 amide bonds. The first-order valence-corrected chi connectivity index (χ1v) is 7.93. The lowest BCUT2D eigenvalue weighted by Crippen LogP contribution is -2.47. The predicted octanol–water partition coefficient (Wildman–Crippen LogP) is 2.71. The first kappa shape index (κ1) is 14.5. The Kier molecular flexibility index (Phi) is 4.24. The van der Waals surface area contributed by atoms with Gasteiger partial charge in [0.05, 0.1) is 0 Å². The van der Waals surface area contributed by atoms with Crippen LogP contribution in [0.5, 0.6) is 0 Å². The van der Waals surface area contributed by atoms with E-state index in [-0.39, 0.29) is 17.6 Å². The van der Waals surface area contributed by atoms with Crippen molar-refractivity contribution in [2.45, 2.75) is 56.5 Å². The number of carbonyl (C=O) groups excluding carboxylic acids is 1. The number of hydrogen-bond donors (Lipinski definition) is 2. The minimum Gasteiger partial charge on any atom is -0.369 e. The van der Waals surface area contributed by atoms with E-state index in [4.69, 9.17) is 5.73 Å². The molecule has 4 heteroatoms. The van der Waals surface area contributed by atoms with Gasteiger partial charge in [0.25, 0.3) is 0 Å². The average molecular weight is 290 g/mol. The van der Waals surface area contributed by atoms with Crippen molar-refractivity contribution in [1.29, 1.82) is 0 Å². The molecule has 3 rings (SSSR count). The standard InChI is InChI=1S/C17H23FN2O/c18-16-4-2-1-3-15(16)12-9-14(10-12)20-13-7-5-11(6-8-13)17(19)21/h1-4,11-14,20H,5-10H2,(H2,19,21). The predicted molar refractivity (Wildman–Crippen MR) is 80.2 cm³/mol. The van der Waals surface area contributed by atoms with Gasteiger partial charge in [-0.05, 0) is 56.1 Å². The Balaban J connectivity index is 1.44. The number of amides is 1. The van der Waals surface area contributed by atoms with E-state index in [1.165, 1.54) is 0 Å². The highest BCUT2D eigenvalue weighted by molar-refractivity contribution is 5.76. The topological polar surface area (TPSA) is 55.1 Å². The molecule has 0 spiro atoms. The molecule has 0 unspecified atom stereocenters. The summed E-state index contributed by atoms with van der Waals surface area (Å²) in [5.74, 6) is 0.181. The van der Waals surface area contributed by atoms with E-state index in [0.29, 0.717) is 18.0 Å². The number of benzene rings is 1. The van der Waals surface area contributed by atoms with Gasteiger partial charge in [0.1, 0.15) is 5.82 Å². The van der Waals surface area contributed by atoms with Crippen LogP contribution >= 0.6 is 0 Å². The van der Waals surface area contributed by atoms with Gasteiger partial charge in [0, 0.05) is 18.0 Å². The highest BCUT2D eigenvalue weighted by Gasteiger charge is 2.34. The van der Waals surface area contributed by atoms with Crippen molar-refractivity contribution in [3.05, 3.63) is 35.6 Å². The Hall–Kier alpha value is -1.42. The maximum absolute atomic E-state index is 13.7. The van der Waals surface area contributed by atoms with Crippen LogP contribution in [0, 0.1) is 11.7 Å². The third-order valence-electron chi connectivity index (χ3n) is 5.08. The fourth-order valence-corrected chi connectivity index (χ4v) is 3.69. The number of carbonyl (C=O) groups is 1. The van der Waals surface area contributed by atoms with Gasteiger partial charge < -0.3 is 11.1 Å². The molecular formula is C17H23FN2O. The van der Waals surface area contributed by atoms with Crippen LogP contribution in [0.1, 0.15) is 50.0 Å². The average Bonchev–Trinajstić information content (AvgIpc) is 2.44. The van der Waals surface area contributed by atoms with E-state index in [1.54, 1.807) is 12.1 Å². The van der Waals surface area contributed by atoms with Crippen LogP contribution in [-0.4, -0.2) is 18.0 Å². The number of hydrogen-bond acceptors (Lipinski definition) is 2. The van der Waals surface area contributed by atoms with Crippen LogP contribution < -0.4 is 11.1 Å². The first-order valence-electron chi connectivity index (χ1n) is 7.93. The number of primary amides is 1. The van der Waals surface area contributed by atoms with Crippen LogP contribution in [0.3, 0.4) is 0 Å². The SMILES string of the molecule is NC(=O)C1CCC(NC2CC(c3ccccc3F)C2)CC1. The lowest BCUT2D eigenvalue weighted by Gasteiger charge is -2.40. The van der Waals surface area contributed by atoms with Crippen molar-refractivity contribution in [3.8, 4) is 0 Å². The molecule has 3 nitrogen and oxygen atoms in total. The van der Waals surface area contributed by atoms with Crippen molar-refractivity contribution in [2.24, 2.45) is 11.7 Å². The van der Waals surface area contributed by atoms with Crippen molar-refractivity contribution in [3.63, 3.8) is 0 Å². The summed E-state index contributed by atoms with van der Waals surface area (Å²) in [6.45, 7) is 0. The highest BCUT2D eigenvalue weighted by atomic mass is 19.1. The molecule has 0 aromatic heterocycles. The molecule has 0 saturated heterocycles. The summed E-state index contributed by atoms with van der Waals surface area (Å²) in [5, 5.41) is 3.66.